The molecular formula is C15H21N3O4S. The Kier molecular flexibility index (Phi) is 5.38. The summed E-state index contributed by atoms with van der Waals surface area (Å²) in [5, 5.41) is 2.57. The first-order valence-corrected chi connectivity index (χ1v) is 8.86. The second-order valence-electron chi connectivity index (χ2n) is 5.55. The highest BCUT2D eigenvalue weighted by Gasteiger charge is 2.26. The summed E-state index contributed by atoms with van der Waals surface area (Å²) in [7, 11) is -2.34. The first-order valence-electron chi connectivity index (χ1n) is 7.42. The third-order valence-electron chi connectivity index (χ3n) is 3.70. The lowest BCUT2D eigenvalue weighted by Gasteiger charge is -2.21. The lowest BCUT2D eigenvalue weighted by Crippen LogP contribution is -2.39. The standard InChI is InChI=1S/C15H21N3O4S/c1-12(19)16-13-5-7-14(8-6-13)23(21,22)17(2)11-15(20)18-9-3-4-10-18/h5-8H,3-4,9-11H2,1-2H3,(H,16,19). The Morgan fingerprint density at radius 3 is 2.26 bits per heavy atom. The van der Waals surface area contributed by atoms with Gasteiger partial charge in [-0.1, -0.05) is 0 Å². The highest BCUT2D eigenvalue weighted by atomic mass is 32.2. The van der Waals surface area contributed by atoms with Crippen molar-refractivity contribution < 1.29 is 18.0 Å². The number of sulfonamides is 1. The fraction of sp³-hybridized carbons (Fsp3) is 0.467. The maximum absolute atomic E-state index is 12.5. The van der Waals surface area contributed by atoms with E-state index in [1.165, 1.54) is 38.2 Å². The lowest BCUT2D eigenvalue weighted by molar-refractivity contribution is -0.130. The van der Waals surface area contributed by atoms with Gasteiger partial charge in [0.2, 0.25) is 21.8 Å². The molecule has 0 radical (unpaired) electrons. The number of hydrogen-bond donors (Lipinski definition) is 1. The second-order valence-corrected chi connectivity index (χ2v) is 7.60. The van der Waals surface area contributed by atoms with Gasteiger partial charge in [0.15, 0.2) is 0 Å². The van der Waals surface area contributed by atoms with Crippen molar-refractivity contribution >= 4 is 27.5 Å². The van der Waals surface area contributed by atoms with Crippen molar-refractivity contribution in [2.24, 2.45) is 0 Å². The van der Waals surface area contributed by atoms with Gasteiger partial charge < -0.3 is 10.2 Å². The predicted octanol–water partition coefficient (Wildman–Crippen LogP) is 0.888. The summed E-state index contributed by atoms with van der Waals surface area (Å²) in [5.74, 6) is -0.405. The van der Waals surface area contributed by atoms with Crippen LogP contribution in [0.3, 0.4) is 0 Å². The molecule has 0 atom stereocenters. The molecule has 1 aromatic rings. The molecule has 0 aliphatic carbocycles. The number of nitrogens with one attached hydrogen (secondary N) is 1. The van der Waals surface area contributed by atoms with E-state index in [9.17, 15) is 18.0 Å². The number of amides is 2. The molecule has 1 aliphatic rings. The molecule has 1 fully saturated rings. The molecule has 1 aromatic carbocycles. The van der Waals surface area contributed by atoms with E-state index >= 15 is 0 Å². The first-order chi connectivity index (χ1) is 10.8. The van der Waals surface area contributed by atoms with Crippen LogP contribution in [-0.2, 0) is 19.6 Å². The molecule has 1 aliphatic heterocycles. The smallest absolute Gasteiger partial charge is 0.243 e. The van der Waals surface area contributed by atoms with E-state index in [0.29, 0.717) is 18.8 Å². The van der Waals surface area contributed by atoms with E-state index in [1.807, 2.05) is 0 Å². The molecule has 1 N–H and O–H groups in total. The molecule has 0 bridgehead atoms. The minimum absolute atomic E-state index is 0.0864. The van der Waals surface area contributed by atoms with E-state index in [4.69, 9.17) is 0 Å². The Bertz CT molecular complexity index is 679. The summed E-state index contributed by atoms with van der Waals surface area (Å²) in [4.78, 5) is 24.8. The molecule has 0 unspecified atom stereocenters. The Balaban J connectivity index is 2.07. The van der Waals surface area contributed by atoms with Crippen LogP contribution in [0.5, 0.6) is 0 Å². The molecule has 2 rings (SSSR count). The van der Waals surface area contributed by atoms with Crippen LogP contribution >= 0.6 is 0 Å². The Morgan fingerprint density at radius 2 is 1.74 bits per heavy atom. The van der Waals surface area contributed by atoms with Gasteiger partial charge in [-0.05, 0) is 37.1 Å². The van der Waals surface area contributed by atoms with E-state index in [-0.39, 0.29) is 23.3 Å². The number of anilines is 1. The number of rotatable bonds is 5. The number of nitrogens with zero attached hydrogens (tertiary/aromatic N) is 2. The van der Waals surface area contributed by atoms with Crippen LogP contribution in [-0.4, -0.2) is 56.1 Å². The van der Waals surface area contributed by atoms with Gasteiger partial charge in [-0.2, -0.15) is 4.31 Å². The second kappa shape index (κ2) is 7.10. The monoisotopic (exact) mass is 339 g/mol. The van der Waals surface area contributed by atoms with Crippen LogP contribution in [0.2, 0.25) is 0 Å². The highest BCUT2D eigenvalue weighted by molar-refractivity contribution is 7.89. The summed E-state index contributed by atoms with van der Waals surface area (Å²) >= 11 is 0. The average molecular weight is 339 g/mol. The van der Waals surface area contributed by atoms with Gasteiger partial charge in [0.1, 0.15) is 0 Å². The largest absolute Gasteiger partial charge is 0.342 e. The molecule has 2 amide bonds. The van der Waals surface area contributed by atoms with Gasteiger partial charge in [-0.25, -0.2) is 8.42 Å². The van der Waals surface area contributed by atoms with Gasteiger partial charge >= 0.3 is 0 Å². The molecule has 8 heteroatoms. The summed E-state index contributed by atoms with van der Waals surface area (Å²) in [6.45, 7) is 2.59. The quantitative estimate of drug-likeness (QED) is 0.863. The number of benzene rings is 1. The van der Waals surface area contributed by atoms with E-state index in [0.717, 1.165) is 17.1 Å². The zero-order valence-electron chi connectivity index (χ0n) is 13.3. The van der Waals surface area contributed by atoms with Gasteiger partial charge in [-0.3, -0.25) is 9.59 Å². The molecule has 7 nitrogen and oxygen atoms in total. The topological polar surface area (TPSA) is 86.8 Å². The SMILES string of the molecule is CC(=O)Nc1ccc(S(=O)(=O)N(C)CC(=O)N2CCCC2)cc1. The summed E-state index contributed by atoms with van der Waals surface area (Å²) < 4.78 is 26.0. The van der Waals surface area contributed by atoms with Crippen LogP contribution < -0.4 is 5.32 Å². The lowest BCUT2D eigenvalue weighted by atomic mass is 10.3. The Labute approximate surface area is 136 Å². The summed E-state index contributed by atoms with van der Waals surface area (Å²) in [5.41, 5.74) is 0.521. The normalized spacial score (nSPS) is 15.0. The minimum atomic E-state index is -3.74. The number of carbonyl (C=O) groups excluding carboxylic acids is 2. The van der Waals surface area contributed by atoms with Crippen LogP contribution in [0, 0.1) is 0 Å². The van der Waals surface area contributed by atoms with Crippen molar-refractivity contribution in [1.82, 2.24) is 9.21 Å². The Hall–Kier alpha value is -1.93. The number of carbonyl (C=O) groups is 2. The van der Waals surface area contributed by atoms with Crippen molar-refractivity contribution in [3.05, 3.63) is 24.3 Å². The fourth-order valence-corrected chi connectivity index (χ4v) is 3.56. The maximum Gasteiger partial charge on any atom is 0.243 e. The van der Waals surface area contributed by atoms with Gasteiger partial charge in [0.25, 0.3) is 0 Å². The average Bonchev–Trinajstić information content (AvgIpc) is 3.01. The van der Waals surface area contributed by atoms with Crippen molar-refractivity contribution in [2.75, 3.05) is 32.0 Å². The highest BCUT2D eigenvalue weighted by Crippen LogP contribution is 2.18. The third kappa shape index (κ3) is 4.29. The van der Waals surface area contributed by atoms with Gasteiger partial charge in [0.05, 0.1) is 11.4 Å². The first kappa shape index (κ1) is 17.4. The van der Waals surface area contributed by atoms with Crippen LogP contribution in [0.15, 0.2) is 29.2 Å². The van der Waals surface area contributed by atoms with Crippen LogP contribution in [0.4, 0.5) is 5.69 Å². The van der Waals surface area contributed by atoms with Crippen LogP contribution in [0.1, 0.15) is 19.8 Å². The van der Waals surface area contributed by atoms with Gasteiger partial charge in [-0.15, -0.1) is 0 Å². The maximum atomic E-state index is 12.5. The zero-order chi connectivity index (χ0) is 17.0. The molecule has 0 saturated carbocycles. The summed E-state index contributed by atoms with van der Waals surface area (Å²) in [6, 6.07) is 5.86. The molecule has 1 heterocycles. The third-order valence-corrected chi connectivity index (χ3v) is 5.52. The molecule has 0 spiro atoms. The van der Waals surface area contributed by atoms with Crippen molar-refractivity contribution in [3.8, 4) is 0 Å². The van der Waals surface area contributed by atoms with Gasteiger partial charge in [0, 0.05) is 32.7 Å². The van der Waals surface area contributed by atoms with Crippen molar-refractivity contribution in [2.45, 2.75) is 24.7 Å². The van der Waals surface area contributed by atoms with E-state index in [2.05, 4.69) is 5.32 Å². The molecule has 1 saturated heterocycles. The Morgan fingerprint density at radius 1 is 1.17 bits per heavy atom. The predicted molar refractivity (Wildman–Crippen MR) is 86.4 cm³/mol. The molecule has 23 heavy (non-hydrogen) atoms. The minimum Gasteiger partial charge on any atom is -0.342 e. The van der Waals surface area contributed by atoms with Crippen molar-refractivity contribution in [1.29, 1.82) is 0 Å². The number of hydrogen-bond acceptors (Lipinski definition) is 4. The number of likely N-dealkylation sites (tertiary alicyclic amines) is 1. The fourth-order valence-electron chi connectivity index (χ4n) is 2.44. The van der Waals surface area contributed by atoms with Crippen LogP contribution in [0.25, 0.3) is 0 Å². The zero-order valence-corrected chi connectivity index (χ0v) is 14.1. The summed E-state index contributed by atoms with van der Waals surface area (Å²) in [6.07, 6.45) is 1.93. The van der Waals surface area contributed by atoms with Crippen molar-refractivity contribution in [3.63, 3.8) is 0 Å². The van der Waals surface area contributed by atoms with E-state index in [1.54, 1.807) is 4.90 Å². The molecule has 126 valence electrons. The number of likely N-dealkylation sites (N-methyl/N-ethyl adjacent to an activating group) is 1. The molecular weight excluding hydrogens is 318 g/mol. The molecule has 0 aromatic heterocycles. The van der Waals surface area contributed by atoms with E-state index < -0.39 is 10.0 Å².